The number of allylic oxidation sites excluding steroid dienone is 2. The Morgan fingerprint density at radius 3 is 2.29 bits per heavy atom. The van der Waals surface area contributed by atoms with E-state index in [2.05, 4.69) is 5.10 Å². The van der Waals surface area contributed by atoms with Crippen molar-refractivity contribution in [2.45, 2.75) is 67.9 Å². The molecule has 0 spiro atoms. The number of ketones is 1. The van der Waals surface area contributed by atoms with Crippen molar-refractivity contribution < 1.29 is 19.2 Å². The van der Waals surface area contributed by atoms with Crippen LogP contribution >= 0.6 is 0 Å². The number of nitrogens with zero attached hydrogens (tertiary/aromatic N) is 3. The Morgan fingerprint density at radius 2 is 1.77 bits per heavy atom. The third-order valence-corrected chi connectivity index (χ3v) is 5.28. The molecule has 0 aliphatic heterocycles. The molecule has 166 valence electrons. The molecule has 0 saturated heterocycles. The van der Waals surface area contributed by atoms with E-state index in [-0.39, 0.29) is 22.9 Å². The second-order valence-electron chi connectivity index (χ2n) is 7.78. The summed E-state index contributed by atoms with van der Waals surface area (Å²) in [6.45, 7) is 12.7. The lowest BCUT2D eigenvalue weighted by Gasteiger charge is -2.14. The third-order valence-electron chi connectivity index (χ3n) is 5.28. The molecule has 0 amide bonds. The van der Waals surface area contributed by atoms with Crippen LogP contribution in [0.2, 0.25) is 0 Å². The van der Waals surface area contributed by atoms with E-state index in [1.54, 1.807) is 20.8 Å². The second-order valence-corrected chi connectivity index (χ2v) is 7.78. The van der Waals surface area contributed by atoms with Crippen LogP contribution in [-0.4, -0.2) is 26.5 Å². The number of carbonyl (C=O) groups is 2. The van der Waals surface area contributed by atoms with E-state index in [4.69, 9.17) is 4.74 Å². The highest BCUT2D eigenvalue weighted by atomic mass is 16.6. The number of carbonyl (C=O) groups excluding carboxylic acids is 2. The summed E-state index contributed by atoms with van der Waals surface area (Å²) in [4.78, 5) is 36.5. The van der Waals surface area contributed by atoms with Gasteiger partial charge in [-0.3, -0.25) is 19.7 Å². The van der Waals surface area contributed by atoms with Gasteiger partial charge < -0.3 is 4.74 Å². The number of hydrogen-bond acceptors (Lipinski definition) is 6. The van der Waals surface area contributed by atoms with Gasteiger partial charge in [0.05, 0.1) is 16.2 Å². The molecule has 0 fully saturated rings. The van der Waals surface area contributed by atoms with E-state index in [1.807, 2.05) is 20.8 Å². The molecule has 0 unspecified atom stereocenters. The van der Waals surface area contributed by atoms with Gasteiger partial charge in [-0.1, -0.05) is 18.9 Å². The van der Waals surface area contributed by atoms with Gasteiger partial charge in [0.1, 0.15) is 5.56 Å². The molecule has 8 heteroatoms. The number of ether oxygens (including phenoxy) is 1. The summed E-state index contributed by atoms with van der Waals surface area (Å²) >= 11 is 0. The Hall–Kier alpha value is -3.29. The molecule has 8 nitrogen and oxygen atoms in total. The standard InChI is InChI=1S/C23H29N3O5/c1-8-9-12-25-23(31-17(7)27)21(16(6)24-25)22(28)18-10-11-19(26(29)30)20(15(18)5)14(4)13(2)3/h10-11H,8-9,12H2,1-7H3. The predicted molar refractivity (Wildman–Crippen MR) is 118 cm³/mol. The number of benzene rings is 1. The van der Waals surface area contributed by atoms with Crippen molar-refractivity contribution >= 4 is 23.0 Å². The van der Waals surface area contributed by atoms with Crippen molar-refractivity contribution in [1.82, 2.24) is 9.78 Å². The normalized spacial score (nSPS) is 10.7. The predicted octanol–water partition coefficient (Wildman–Crippen LogP) is 5.18. The van der Waals surface area contributed by atoms with Gasteiger partial charge in [0.2, 0.25) is 11.7 Å². The van der Waals surface area contributed by atoms with E-state index < -0.39 is 10.9 Å². The van der Waals surface area contributed by atoms with E-state index in [9.17, 15) is 19.7 Å². The number of aryl methyl sites for hydroxylation is 2. The summed E-state index contributed by atoms with van der Waals surface area (Å²) < 4.78 is 6.92. The van der Waals surface area contributed by atoms with Crippen LogP contribution in [0.25, 0.3) is 5.57 Å². The van der Waals surface area contributed by atoms with Crippen LogP contribution in [0, 0.1) is 24.0 Å². The summed E-state index contributed by atoms with van der Waals surface area (Å²) in [7, 11) is 0. The third kappa shape index (κ3) is 4.90. The first kappa shape index (κ1) is 24.0. The molecular weight excluding hydrogens is 398 g/mol. The first-order chi connectivity index (χ1) is 14.5. The number of nitro groups is 1. The van der Waals surface area contributed by atoms with Crippen LogP contribution in [0.3, 0.4) is 0 Å². The maximum absolute atomic E-state index is 13.6. The monoisotopic (exact) mass is 427 g/mol. The maximum Gasteiger partial charge on any atom is 0.309 e. The highest BCUT2D eigenvalue weighted by molar-refractivity contribution is 6.13. The molecule has 0 saturated carbocycles. The van der Waals surface area contributed by atoms with Gasteiger partial charge in [-0.15, -0.1) is 0 Å². The van der Waals surface area contributed by atoms with Crippen LogP contribution < -0.4 is 4.74 Å². The number of aromatic nitrogens is 2. The Morgan fingerprint density at radius 1 is 1.13 bits per heavy atom. The summed E-state index contributed by atoms with van der Waals surface area (Å²) in [5.41, 5.74) is 3.50. The van der Waals surface area contributed by atoms with E-state index in [1.165, 1.54) is 23.7 Å². The number of esters is 1. The number of unbranched alkanes of at least 4 members (excludes halogenated alkanes) is 1. The Labute approximate surface area is 182 Å². The zero-order valence-electron chi connectivity index (χ0n) is 19.2. The van der Waals surface area contributed by atoms with Gasteiger partial charge in [-0.05, 0) is 58.2 Å². The summed E-state index contributed by atoms with van der Waals surface area (Å²) in [5, 5.41) is 16.0. The topological polar surface area (TPSA) is 104 Å². The number of hydrogen-bond donors (Lipinski definition) is 0. The van der Waals surface area contributed by atoms with Gasteiger partial charge >= 0.3 is 5.97 Å². The molecule has 0 aliphatic carbocycles. The van der Waals surface area contributed by atoms with E-state index in [0.29, 0.717) is 28.9 Å². The van der Waals surface area contributed by atoms with Crippen LogP contribution in [0.1, 0.15) is 80.2 Å². The van der Waals surface area contributed by atoms with Crippen LogP contribution in [0.4, 0.5) is 5.69 Å². The molecule has 0 N–H and O–H groups in total. The van der Waals surface area contributed by atoms with Gasteiger partial charge in [0.15, 0.2) is 0 Å². The van der Waals surface area contributed by atoms with Crippen molar-refractivity contribution in [2.24, 2.45) is 0 Å². The Bertz CT molecular complexity index is 1080. The molecule has 0 bridgehead atoms. The van der Waals surface area contributed by atoms with Gasteiger partial charge in [-0.2, -0.15) is 5.10 Å². The molecule has 1 aromatic heterocycles. The summed E-state index contributed by atoms with van der Waals surface area (Å²) in [6.07, 6.45) is 1.72. The van der Waals surface area contributed by atoms with Crippen LogP contribution in [-0.2, 0) is 11.3 Å². The zero-order valence-corrected chi connectivity index (χ0v) is 19.2. The quantitative estimate of drug-likeness (QED) is 0.249. The van der Waals surface area contributed by atoms with Crippen molar-refractivity contribution in [3.63, 3.8) is 0 Å². The number of nitro benzene ring substituents is 1. The van der Waals surface area contributed by atoms with Crippen molar-refractivity contribution in [3.8, 4) is 5.88 Å². The van der Waals surface area contributed by atoms with Crippen molar-refractivity contribution in [2.75, 3.05) is 0 Å². The lowest BCUT2D eigenvalue weighted by Crippen LogP contribution is -2.13. The van der Waals surface area contributed by atoms with E-state index >= 15 is 0 Å². The molecular formula is C23H29N3O5. The molecule has 31 heavy (non-hydrogen) atoms. The molecule has 2 rings (SSSR count). The minimum Gasteiger partial charge on any atom is -0.407 e. The molecule has 1 aromatic carbocycles. The fourth-order valence-corrected chi connectivity index (χ4v) is 3.47. The molecule has 2 aromatic rings. The average molecular weight is 428 g/mol. The van der Waals surface area contributed by atoms with Gasteiger partial charge in [-0.25, -0.2) is 4.68 Å². The van der Waals surface area contributed by atoms with Crippen LogP contribution in [0.15, 0.2) is 17.7 Å². The fourth-order valence-electron chi connectivity index (χ4n) is 3.47. The Balaban J connectivity index is 2.74. The minimum absolute atomic E-state index is 0.0525. The summed E-state index contributed by atoms with van der Waals surface area (Å²) in [5.74, 6) is -0.818. The molecule has 0 radical (unpaired) electrons. The lowest BCUT2D eigenvalue weighted by atomic mass is 9.90. The minimum atomic E-state index is -0.548. The summed E-state index contributed by atoms with van der Waals surface area (Å²) in [6, 6.07) is 2.81. The smallest absolute Gasteiger partial charge is 0.309 e. The van der Waals surface area contributed by atoms with Gasteiger partial charge in [0, 0.05) is 25.1 Å². The van der Waals surface area contributed by atoms with Crippen molar-refractivity contribution in [3.05, 3.63) is 55.8 Å². The first-order valence-corrected chi connectivity index (χ1v) is 10.2. The highest BCUT2D eigenvalue weighted by Crippen LogP contribution is 2.35. The number of rotatable bonds is 8. The SMILES string of the molecule is CCCCn1nc(C)c(C(=O)c2ccc([N+](=O)[O-])c(C(C)=C(C)C)c2C)c1OC(C)=O. The molecule has 0 aliphatic rings. The average Bonchev–Trinajstić information content (AvgIpc) is 2.98. The van der Waals surface area contributed by atoms with Crippen LogP contribution in [0.5, 0.6) is 5.88 Å². The van der Waals surface area contributed by atoms with Crippen molar-refractivity contribution in [1.29, 1.82) is 0 Å². The first-order valence-electron chi connectivity index (χ1n) is 10.2. The second kappa shape index (κ2) is 9.68. The highest BCUT2D eigenvalue weighted by Gasteiger charge is 2.29. The maximum atomic E-state index is 13.6. The van der Waals surface area contributed by atoms with E-state index in [0.717, 1.165) is 24.0 Å². The Kier molecular flexibility index (Phi) is 7.49. The largest absolute Gasteiger partial charge is 0.407 e. The fraction of sp³-hybridized carbons (Fsp3) is 0.435. The lowest BCUT2D eigenvalue weighted by molar-refractivity contribution is -0.385. The van der Waals surface area contributed by atoms with Gasteiger partial charge in [0.25, 0.3) is 5.69 Å². The molecule has 0 atom stereocenters. The zero-order chi connectivity index (χ0) is 23.5. The molecule has 1 heterocycles.